The molecule has 1 heterocycles. The van der Waals surface area contributed by atoms with E-state index in [0.717, 1.165) is 19.3 Å². The summed E-state index contributed by atoms with van der Waals surface area (Å²) >= 11 is 0. The van der Waals surface area contributed by atoms with Gasteiger partial charge in [-0.2, -0.15) is 0 Å². The maximum absolute atomic E-state index is 12.5. The average Bonchev–Trinajstić information content (AvgIpc) is 2.61. The summed E-state index contributed by atoms with van der Waals surface area (Å²) in [5.41, 5.74) is -0.0744. The van der Waals surface area contributed by atoms with Gasteiger partial charge in [-0.15, -0.1) is 0 Å². The second kappa shape index (κ2) is 7.56. The Labute approximate surface area is 133 Å². The van der Waals surface area contributed by atoms with Gasteiger partial charge in [0.05, 0.1) is 11.3 Å². The van der Waals surface area contributed by atoms with Gasteiger partial charge in [0.2, 0.25) is 5.91 Å². The van der Waals surface area contributed by atoms with E-state index < -0.39 is 5.54 Å². The zero-order valence-corrected chi connectivity index (χ0v) is 14.4. The number of hydrogen-bond acceptors (Lipinski definition) is 3. The molecule has 0 aromatic rings. The van der Waals surface area contributed by atoms with Crippen LogP contribution in [0.1, 0.15) is 66.2 Å². The van der Waals surface area contributed by atoms with Crippen molar-refractivity contribution < 1.29 is 14.7 Å². The molecular weight excluding hydrogens is 280 g/mol. The third-order valence-electron chi connectivity index (χ3n) is 4.18. The van der Waals surface area contributed by atoms with E-state index in [9.17, 15) is 14.7 Å². The lowest BCUT2D eigenvalue weighted by Crippen LogP contribution is -2.41. The number of carbonyl (C=O) groups is 2. The number of aliphatic hydroxyl groups is 1. The van der Waals surface area contributed by atoms with Crippen molar-refractivity contribution in [1.29, 1.82) is 0 Å². The SMILES string of the molecule is CCCCC/C(O)=C1/C(=O)N(C)C(C)(C)C1=NC(=O)CCC. The number of aliphatic hydroxyl groups excluding tert-OH is 1. The van der Waals surface area contributed by atoms with Gasteiger partial charge >= 0.3 is 0 Å². The topological polar surface area (TPSA) is 70.0 Å². The number of aliphatic imine (C=N–C) groups is 1. The van der Waals surface area contributed by atoms with Crippen molar-refractivity contribution in [2.75, 3.05) is 7.05 Å². The smallest absolute Gasteiger partial charge is 0.259 e. The Morgan fingerprint density at radius 1 is 1.18 bits per heavy atom. The van der Waals surface area contributed by atoms with Crippen molar-refractivity contribution >= 4 is 17.5 Å². The fraction of sp³-hybridized carbons (Fsp3) is 0.706. The minimum atomic E-state index is -0.686. The molecule has 0 atom stereocenters. The van der Waals surface area contributed by atoms with Gasteiger partial charge < -0.3 is 10.0 Å². The lowest BCUT2D eigenvalue weighted by Gasteiger charge is -2.27. The Morgan fingerprint density at radius 2 is 1.82 bits per heavy atom. The summed E-state index contributed by atoms with van der Waals surface area (Å²) in [7, 11) is 1.68. The van der Waals surface area contributed by atoms with Crippen LogP contribution in [0.2, 0.25) is 0 Å². The van der Waals surface area contributed by atoms with Crippen molar-refractivity contribution in [1.82, 2.24) is 4.90 Å². The minimum Gasteiger partial charge on any atom is -0.511 e. The van der Waals surface area contributed by atoms with Crippen LogP contribution in [0.25, 0.3) is 0 Å². The van der Waals surface area contributed by atoms with Gasteiger partial charge in [-0.05, 0) is 26.7 Å². The Morgan fingerprint density at radius 3 is 2.36 bits per heavy atom. The van der Waals surface area contributed by atoms with Crippen LogP contribution in [0.15, 0.2) is 16.3 Å². The fourth-order valence-electron chi connectivity index (χ4n) is 2.50. The molecule has 0 bridgehead atoms. The zero-order chi connectivity index (χ0) is 16.9. The van der Waals surface area contributed by atoms with E-state index in [-0.39, 0.29) is 23.1 Å². The number of allylic oxidation sites excluding steroid dienone is 1. The summed E-state index contributed by atoms with van der Waals surface area (Å²) in [4.78, 5) is 30.1. The first kappa shape index (κ1) is 18.4. The van der Waals surface area contributed by atoms with Crippen molar-refractivity contribution in [3.63, 3.8) is 0 Å². The Hall–Kier alpha value is -1.65. The molecule has 1 fully saturated rings. The van der Waals surface area contributed by atoms with Crippen LogP contribution >= 0.6 is 0 Å². The van der Waals surface area contributed by atoms with E-state index in [4.69, 9.17) is 0 Å². The number of rotatable bonds is 6. The summed E-state index contributed by atoms with van der Waals surface area (Å²) in [5, 5.41) is 10.3. The number of nitrogens with zero attached hydrogens (tertiary/aromatic N) is 2. The van der Waals surface area contributed by atoms with Gasteiger partial charge in [-0.1, -0.05) is 26.7 Å². The zero-order valence-electron chi connectivity index (χ0n) is 14.4. The first-order chi connectivity index (χ1) is 10.3. The molecule has 1 rings (SSSR count). The summed E-state index contributed by atoms with van der Waals surface area (Å²) in [6.45, 7) is 7.68. The highest BCUT2D eigenvalue weighted by atomic mass is 16.3. The minimum absolute atomic E-state index is 0.0546. The molecule has 2 amide bonds. The van der Waals surface area contributed by atoms with Gasteiger partial charge in [0, 0.05) is 19.9 Å². The number of unbranched alkanes of at least 4 members (excludes halogenated alkanes) is 2. The summed E-state index contributed by atoms with van der Waals surface area (Å²) in [5.74, 6) is -0.450. The van der Waals surface area contributed by atoms with Gasteiger partial charge in [0.1, 0.15) is 11.3 Å². The lowest BCUT2D eigenvalue weighted by atomic mass is 9.95. The van der Waals surface area contributed by atoms with Gasteiger partial charge in [-0.3, -0.25) is 9.59 Å². The molecular formula is C17H28N2O3. The molecule has 1 saturated heterocycles. The van der Waals surface area contributed by atoms with E-state index >= 15 is 0 Å². The third kappa shape index (κ3) is 3.76. The fourth-order valence-corrected chi connectivity index (χ4v) is 2.50. The number of likely N-dealkylation sites (tertiary alicyclic amines) is 1. The van der Waals surface area contributed by atoms with Crippen LogP contribution < -0.4 is 0 Å². The van der Waals surface area contributed by atoms with Crippen LogP contribution in [-0.4, -0.2) is 40.1 Å². The maximum Gasteiger partial charge on any atom is 0.259 e. The summed E-state index contributed by atoms with van der Waals surface area (Å²) in [6.07, 6.45) is 4.35. The molecule has 0 radical (unpaired) electrons. The molecule has 124 valence electrons. The standard InChI is InChI=1S/C17H28N2O3/c1-6-8-9-11-12(20)14-15(18-13(21)10-7-2)17(3,4)19(5)16(14)22/h20H,6-11H2,1-5H3/b14-12-,18-15?. The Bertz CT molecular complexity index is 504. The molecule has 0 aliphatic carbocycles. The third-order valence-corrected chi connectivity index (χ3v) is 4.18. The molecule has 5 heteroatoms. The van der Waals surface area contributed by atoms with E-state index in [2.05, 4.69) is 11.9 Å². The highest BCUT2D eigenvalue weighted by Crippen LogP contribution is 2.32. The first-order valence-electron chi connectivity index (χ1n) is 8.09. The molecule has 1 aliphatic rings. The van der Waals surface area contributed by atoms with Crippen LogP contribution in [0, 0.1) is 0 Å². The molecule has 0 aromatic carbocycles. The molecule has 0 saturated carbocycles. The van der Waals surface area contributed by atoms with Crippen molar-refractivity contribution in [2.45, 2.75) is 71.8 Å². The highest BCUT2D eigenvalue weighted by molar-refractivity contribution is 6.32. The summed E-state index contributed by atoms with van der Waals surface area (Å²) in [6, 6.07) is 0. The largest absolute Gasteiger partial charge is 0.511 e. The van der Waals surface area contributed by atoms with Crippen molar-refractivity contribution in [3.8, 4) is 0 Å². The molecule has 1 aliphatic heterocycles. The number of carbonyl (C=O) groups excluding carboxylic acids is 2. The lowest BCUT2D eigenvalue weighted by molar-refractivity contribution is -0.126. The second-order valence-electron chi connectivity index (χ2n) is 6.31. The number of amides is 2. The quantitative estimate of drug-likeness (QED) is 0.464. The van der Waals surface area contributed by atoms with Crippen molar-refractivity contribution in [3.05, 3.63) is 11.3 Å². The van der Waals surface area contributed by atoms with E-state index in [1.54, 1.807) is 7.05 Å². The number of hydrogen-bond donors (Lipinski definition) is 1. The molecule has 1 N–H and O–H groups in total. The molecule has 5 nitrogen and oxygen atoms in total. The Kier molecular flexibility index (Phi) is 6.33. The van der Waals surface area contributed by atoms with E-state index in [1.165, 1.54) is 4.90 Å². The van der Waals surface area contributed by atoms with E-state index in [0.29, 0.717) is 25.0 Å². The van der Waals surface area contributed by atoms with Crippen LogP contribution in [0.3, 0.4) is 0 Å². The monoisotopic (exact) mass is 308 g/mol. The Balaban J connectivity index is 3.23. The van der Waals surface area contributed by atoms with Crippen LogP contribution in [0.5, 0.6) is 0 Å². The molecule has 0 aromatic heterocycles. The van der Waals surface area contributed by atoms with E-state index in [1.807, 2.05) is 20.8 Å². The van der Waals surface area contributed by atoms with Crippen LogP contribution in [0.4, 0.5) is 0 Å². The predicted octanol–water partition coefficient (Wildman–Crippen LogP) is 3.40. The highest BCUT2D eigenvalue weighted by Gasteiger charge is 2.47. The van der Waals surface area contributed by atoms with Crippen molar-refractivity contribution in [2.24, 2.45) is 4.99 Å². The maximum atomic E-state index is 12.5. The summed E-state index contributed by atoms with van der Waals surface area (Å²) < 4.78 is 0. The predicted molar refractivity (Wildman–Crippen MR) is 88.0 cm³/mol. The molecule has 22 heavy (non-hydrogen) atoms. The normalized spacial score (nSPS) is 21.6. The number of likely N-dealkylation sites (N-methyl/N-ethyl adjacent to an activating group) is 1. The average molecular weight is 308 g/mol. The molecule has 0 unspecified atom stereocenters. The van der Waals surface area contributed by atoms with Gasteiger partial charge in [0.25, 0.3) is 5.91 Å². The van der Waals surface area contributed by atoms with Crippen LogP contribution in [-0.2, 0) is 9.59 Å². The van der Waals surface area contributed by atoms with Gasteiger partial charge in [-0.25, -0.2) is 4.99 Å². The van der Waals surface area contributed by atoms with Gasteiger partial charge in [0.15, 0.2) is 0 Å². The second-order valence-corrected chi connectivity index (χ2v) is 6.31. The molecule has 0 spiro atoms. The first-order valence-corrected chi connectivity index (χ1v) is 8.09.